The lowest BCUT2D eigenvalue weighted by atomic mass is 9.91. The van der Waals surface area contributed by atoms with Crippen LogP contribution in [0.2, 0.25) is 0 Å². The Hall–Kier alpha value is -0.120. The molecule has 2 N–H and O–H groups in total. The second-order valence-corrected chi connectivity index (χ2v) is 5.96. The van der Waals surface area contributed by atoms with Gasteiger partial charge in [-0.2, -0.15) is 0 Å². The Morgan fingerprint density at radius 3 is 2.41 bits per heavy atom. The van der Waals surface area contributed by atoms with E-state index < -0.39 is 0 Å². The fourth-order valence-electron chi connectivity index (χ4n) is 2.82. The van der Waals surface area contributed by atoms with Gasteiger partial charge in [-0.3, -0.25) is 4.90 Å². The number of nitrogens with two attached hydrogens (primary N) is 1. The van der Waals surface area contributed by atoms with Gasteiger partial charge in [-0.15, -0.1) is 0 Å². The maximum Gasteiger partial charge on any atom is 0.0509 e. The lowest BCUT2D eigenvalue weighted by Crippen LogP contribution is -2.52. The summed E-state index contributed by atoms with van der Waals surface area (Å²) in [6.45, 7) is 12.8. The van der Waals surface area contributed by atoms with E-state index in [0.717, 1.165) is 26.3 Å². The van der Waals surface area contributed by atoms with Crippen LogP contribution in [0.3, 0.4) is 0 Å². The standard InChI is InChI=1S/C14H30N2O/c1-11(2)9-16(12(3)4)14(8-15)13-6-5-7-17-10-13/h11-14H,5-10,15H2,1-4H3. The Kier molecular flexibility index (Phi) is 6.45. The van der Waals surface area contributed by atoms with Gasteiger partial charge in [-0.25, -0.2) is 0 Å². The highest BCUT2D eigenvalue weighted by atomic mass is 16.5. The van der Waals surface area contributed by atoms with Crippen LogP contribution in [-0.4, -0.2) is 43.3 Å². The first-order chi connectivity index (χ1) is 8.06. The van der Waals surface area contributed by atoms with Crippen LogP contribution in [0.4, 0.5) is 0 Å². The summed E-state index contributed by atoms with van der Waals surface area (Å²) in [5, 5.41) is 0. The molecule has 0 aromatic heterocycles. The molecule has 3 nitrogen and oxygen atoms in total. The third-order valence-electron chi connectivity index (χ3n) is 3.65. The van der Waals surface area contributed by atoms with E-state index in [1.807, 2.05) is 0 Å². The highest BCUT2D eigenvalue weighted by Gasteiger charge is 2.29. The monoisotopic (exact) mass is 242 g/mol. The summed E-state index contributed by atoms with van der Waals surface area (Å²) in [7, 11) is 0. The van der Waals surface area contributed by atoms with E-state index in [-0.39, 0.29) is 0 Å². The summed E-state index contributed by atoms with van der Waals surface area (Å²) in [6, 6.07) is 1.05. The van der Waals surface area contributed by atoms with E-state index in [9.17, 15) is 0 Å². The highest BCUT2D eigenvalue weighted by molar-refractivity contribution is 4.84. The van der Waals surface area contributed by atoms with Crippen LogP contribution >= 0.6 is 0 Å². The second-order valence-electron chi connectivity index (χ2n) is 5.96. The smallest absolute Gasteiger partial charge is 0.0509 e. The molecule has 0 radical (unpaired) electrons. The quantitative estimate of drug-likeness (QED) is 0.775. The van der Waals surface area contributed by atoms with Gasteiger partial charge >= 0.3 is 0 Å². The molecule has 1 saturated heterocycles. The van der Waals surface area contributed by atoms with Gasteiger partial charge in [0.05, 0.1) is 6.61 Å². The van der Waals surface area contributed by atoms with E-state index >= 15 is 0 Å². The van der Waals surface area contributed by atoms with Crippen LogP contribution in [0.15, 0.2) is 0 Å². The minimum Gasteiger partial charge on any atom is -0.381 e. The SMILES string of the molecule is CC(C)CN(C(C)C)C(CN)C1CCCOC1. The van der Waals surface area contributed by atoms with E-state index in [4.69, 9.17) is 10.5 Å². The predicted molar refractivity (Wildman–Crippen MR) is 73.1 cm³/mol. The molecule has 2 unspecified atom stereocenters. The van der Waals surface area contributed by atoms with Crippen LogP contribution in [0.25, 0.3) is 0 Å². The summed E-state index contributed by atoms with van der Waals surface area (Å²) >= 11 is 0. The number of hydrogen-bond donors (Lipinski definition) is 1. The Labute approximate surface area is 107 Å². The molecule has 3 heteroatoms. The van der Waals surface area contributed by atoms with Gasteiger partial charge in [0.15, 0.2) is 0 Å². The molecular formula is C14H30N2O. The lowest BCUT2D eigenvalue weighted by molar-refractivity contribution is -0.000523. The molecule has 1 fully saturated rings. The number of nitrogens with zero attached hydrogens (tertiary/aromatic N) is 1. The van der Waals surface area contributed by atoms with E-state index in [1.54, 1.807) is 0 Å². The zero-order chi connectivity index (χ0) is 12.8. The number of rotatable bonds is 6. The first-order valence-corrected chi connectivity index (χ1v) is 7.09. The van der Waals surface area contributed by atoms with Gasteiger partial charge in [-0.1, -0.05) is 13.8 Å². The van der Waals surface area contributed by atoms with Crippen molar-refractivity contribution in [1.29, 1.82) is 0 Å². The van der Waals surface area contributed by atoms with Gasteiger partial charge in [-0.05, 0) is 38.5 Å². The highest BCUT2D eigenvalue weighted by Crippen LogP contribution is 2.23. The first kappa shape index (κ1) is 14.9. The van der Waals surface area contributed by atoms with Crippen molar-refractivity contribution in [2.24, 2.45) is 17.6 Å². The van der Waals surface area contributed by atoms with Crippen molar-refractivity contribution in [1.82, 2.24) is 4.90 Å². The fraction of sp³-hybridized carbons (Fsp3) is 1.00. The van der Waals surface area contributed by atoms with Crippen molar-refractivity contribution in [3.8, 4) is 0 Å². The largest absolute Gasteiger partial charge is 0.381 e. The maximum atomic E-state index is 6.02. The maximum absolute atomic E-state index is 6.02. The molecule has 0 aliphatic carbocycles. The molecule has 17 heavy (non-hydrogen) atoms. The molecule has 0 amide bonds. The Balaban J connectivity index is 2.65. The van der Waals surface area contributed by atoms with Crippen LogP contribution in [0.5, 0.6) is 0 Å². The summed E-state index contributed by atoms with van der Waals surface area (Å²) < 4.78 is 5.62. The predicted octanol–water partition coefficient (Wildman–Crippen LogP) is 2.11. The third-order valence-corrected chi connectivity index (χ3v) is 3.65. The van der Waals surface area contributed by atoms with Crippen molar-refractivity contribution < 1.29 is 4.74 Å². The zero-order valence-corrected chi connectivity index (χ0v) is 12.0. The molecule has 1 aliphatic rings. The van der Waals surface area contributed by atoms with Gasteiger partial charge in [0.2, 0.25) is 0 Å². The van der Waals surface area contributed by atoms with Gasteiger partial charge in [0.1, 0.15) is 0 Å². The van der Waals surface area contributed by atoms with Crippen molar-refractivity contribution in [3.05, 3.63) is 0 Å². The molecular weight excluding hydrogens is 212 g/mol. The average Bonchev–Trinajstić information content (AvgIpc) is 2.29. The minimum atomic E-state index is 0.484. The Morgan fingerprint density at radius 1 is 1.29 bits per heavy atom. The van der Waals surface area contributed by atoms with Crippen LogP contribution in [-0.2, 0) is 4.74 Å². The van der Waals surface area contributed by atoms with E-state index in [0.29, 0.717) is 23.9 Å². The molecule has 1 aliphatic heterocycles. The average molecular weight is 242 g/mol. The molecule has 0 aromatic rings. The number of hydrogen-bond acceptors (Lipinski definition) is 3. The molecule has 0 bridgehead atoms. The molecule has 0 saturated carbocycles. The Bertz CT molecular complexity index is 200. The molecule has 0 spiro atoms. The lowest BCUT2D eigenvalue weighted by Gasteiger charge is -2.41. The summed E-state index contributed by atoms with van der Waals surface area (Å²) in [5.74, 6) is 1.31. The molecule has 2 atom stereocenters. The molecule has 102 valence electrons. The summed E-state index contributed by atoms with van der Waals surface area (Å²) in [5.41, 5.74) is 6.02. The van der Waals surface area contributed by atoms with Crippen molar-refractivity contribution in [2.75, 3.05) is 26.3 Å². The Morgan fingerprint density at radius 2 is 2.00 bits per heavy atom. The second kappa shape index (κ2) is 7.34. The molecule has 0 aromatic carbocycles. The van der Waals surface area contributed by atoms with Gasteiger partial charge < -0.3 is 10.5 Å². The zero-order valence-electron chi connectivity index (χ0n) is 12.0. The van der Waals surface area contributed by atoms with Gasteiger partial charge in [0, 0.05) is 31.8 Å². The summed E-state index contributed by atoms with van der Waals surface area (Å²) in [6.07, 6.45) is 2.46. The van der Waals surface area contributed by atoms with Crippen LogP contribution in [0, 0.1) is 11.8 Å². The minimum absolute atomic E-state index is 0.484. The van der Waals surface area contributed by atoms with Crippen molar-refractivity contribution in [2.45, 2.75) is 52.6 Å². The summed E-state index contributed by atoms with van der Waals surface area (Å²) in [4.78, 5) is 2.57. The fourth-order valence-corrected chi connectivity index (χ4v) is 2.82. The number of ether oxygens (including phenoxy) is 1. The first-order valence-electron chi connectivity index (χ1n) is 7.09. The van der Waals surface area contributed by atoms with Crippen molar-refractivity contribution in [3.63, 3.8) is 0 Å². The van der Waals surface area contributed by atoms with Gasteiger partial charge in [0.25, 0.3) is 0 Å². The van der Waals surface area contributed by atoms with E-state index in [1.165, 1.54) is 12.8 Å². The topological polar surface area (TPSA) is 38.5 Å². The van der Waals surface area contributed by atoms with Crippen LogP contribution in [0.1, 0.15) is 40.5 Å². The third kappa shape index (κ3) is 4.57. The normalized spacial score (nSPS) is 23.6. The van der Waals surface area contributed by atoms with Crippen LogP contribution < -0.4 is 5.73 Å². The van der Waals surface area contributed by atoms with E-state index in [2.05, 4.69) is 32.6 Å². The molecule has 1 rings (SSSR count). The van der Waals surface area contributed by atoms with Crippen molar-refractivity contribution >= 4 is 0 Å². The molecule has 1 heterocycles.